The maximum absolute atomic E-state index is 14.4. The first-order valence-electron chi connectivity index (χ1n) is 14.7. The van der Waals surface area contributed by atoms with Crippen LogP contribution in [0.3, 0.4) is 0 Å². The van der Waals surface area contributed by atoms with E-state index in [0.717, 1.165) is 55.1 Å². The lowest BCUT2D eigenvalue weighted by Gasteiger charge is -2.17. The SMILES string of the molecule is CC(=O)OC(C)C.CCCC(CCC)n1ncc2cc(-c3cc(F)c(C(C)=O)cc3F)ncc21.CCCC(N)CC. The Morgan fingerprint density at radius 3 is 1.98 bits per heavy atom. The number of hydrogen-bond donors (Lipinski definition) is 1. The van der Waals surface area contributed by atoms with Crippen molar-refractivity contribution < 1.29 is 23.1 Å². The maximum atomic E-state index is 14.4. The van der Waals surface area contributed by atoms with E-state index >= 15 is 0 Å². The molecule has 0 aliphatic rings. The normalized spacial score (nSPS) is 11.5. The smallest absolute Gasteiger partial charge is 0.302 e. The molecular weight excluding hydrogens is 526 g/mol. The molecule has 0 aliphatic heterocycles. The van der Waals surface area contributed by atoms with Crippen molar-refractivity contribution in [2.75, 3.05) is 0 Å². The van der Waals surface area contributed by atoms with Gasteiger partial charge in [0, 0.05) is 23.9 Å². The second-order valence-electron chi connectivity index (χ2n) is 10.4. The topological polar surface area (TPSA) is 100 Å². The number of nitrogens with zero attached hydrogens (tertiary/aromatic N) is 3. The molecule has 9 heteroatoms. The number of carbonyl (C=O) groups is 2. The number of benzene rings is 1. The van der Waals surface area contributed by atoms with Gasteiger partial charge in [0.05, 0.1) is 41.3 Å². The van der Waals surface area contributed by atoms with Crippen LogP contribution in [0.15, 0.2) is 30.6 Å². The van der Waals surface area contributed by atoms with Crippen molar-refractivity contribution in [3.8, 4) is 11.3 Å². The van der Waals surface area contributed by atoms with Crippen LogP contribution in [0.25, 0.3) is 22.2 Å². The van der Waals surface area contributed by atoms with Gasteiger partial charge in [-0.2, -0.15) is 5.10 Å². The van der Waals surface area contributed by atoms with Crippen LogP contribution >= 0.6 is 0 Å². The number of aromatic nitrogens is 3. The Morgan fingerprint density at radius 1 is 0.927 bits per heavy atom. The second kappa shape index (κ2) is 18.3. The van der Waals surface area contributed by atoms with Crippen molar-refractivity contribution in [2.24, 2.45) is 5.73 Å². The summed E-state index contributed by atoms with van der Waals surface area (Å²) in [5.41, 5.74) is 6.56. The summed E-state index contributed by atoms with van der Waals surface area (Å²) in [5.74, 6) is -2.14. The summed E-state index contributed by atoms with van der Waals surface area (Å²) in [6, 6.07) is 4.42. The van der Waals surface area contributed by atoms with E-state index in [1.165, 1.54) is 26.7 Å². The van der Waals surface area contributed by atoms with Gasteiger partial charge in [-0.05, 0) is 64.7 Å². The molecule has 0 aliphatic carbocycles. The van der Waals surface area contributed by atoms with Crippen molar-refractivity contribution >= 4 is 22.7 Å². The molecule has 2 heterocycles. The number of rotatable bonds is 11. The van der Waals surface area contributed by atoms with E-state index in [-0.39, 0.29) is 23.2 Å². The third-order valence-electron chi connectivity index (χ3n) is 6.37. The summed E-state index contributed by atoms with van der Waals surface area (Å²) in [7, 11) is 0. The average Bonchev–Trinajstić information content (AvgIpc) is 3.32. The number of carbonyl (C=O) groups excluding carboxylic acids is 2. The largest absolute Gasteiger partial charge is 0.463 e. The molecule has 2 aromatic heterocycles. The lowest BCUT2D eigenvalue weighted by atomic mass is 10.0. The molecule has 1 aromatic carbocycles. The monoisotopic (exact) mass is 574 g/mol. The number of halogens is 2. The van der Waals surface area contributed by atoms with Crippen LogP contribution < -0.4 is 5.73 Å². The van der Waals surface area contributed by atoms with Gasteiger partial charge in [0.25, 0.3) is 0 Å². The molecule has 1 unspecified atom stereocenters. The quantitative estimate of drug-likeness (QED) is 0.183. The molecule has 3 aromatic rings. The summed E-state index contributed by atoms with van der Waals surface area (Å²) < 4.78 is 35.2. The minimum atomic E-state index is -0.748. The summed E-state index contributed by atoms with van der Waals surface area (Å²) in [6.45, 7) is 14.8. The van der Waals surface area contributed by atoms with Crippen LogP contribution in [0, 0.1) is 11.6 Å². The fraction of sp³-hybridized carbons (Fsp3) is 0.562. The molecule has 228 valence electrons. The van der Waals surface area contributed by atoms with Gasteiger partial charge in [0.1, 0.15) is 11.6 Å². The molecule has 0 saturated heterocycles. The lowest BCUT2D eigenvalue weighted by molar-refractivity contribution is -0.144. The Morgan fingerprint density at radius 2 is 1.54 bits per heavy atom. The Kier molecular flexibility index (Phi) is 16.0. The van der Waals surface area contributed by atoms with Crippen molar-refractivity contribution in [2.45, 2.75) is 119 Å². The molecule has 0 saturated carbocycles. The number of nitrogens with two attached hydrogens (primary N) is 1. The van der Waals surface area contributed by atoms with Crippen LogP contribution in [-0.2, 0) is 9.53 Å². The van der Waals surface area contributed by atoms with Gasteiger partial charge in [-0.15, -0.1) is 0 Å². The van der Waals surface area contributed by atoms with Gasteiger partial charge in [-0.1, -0.05) is 47.0 Å². The summed E-state index contributed by atoms with van der Waals surface area (Å²) in [4.78, 5) is 25.7. The molecule has 3 rings (SSSR count). The molecule has 0 bridgehead atoms. The highest BCUT2D eigenvalue weighted by Gasteiger charge is 2.18. The van der Waals surface area contributed by atoms with Crippen molar-refractivity contribution in [1.82, 2.24) is 14.8 Å². The predicted octanol–water partition coefficient (Wildman–Crippen LogP) is 8.20. The molecule has 2 N–H and O–H groups in total. The summed E-state index contributed by atoms with van der Waals surface area (Å²) >= 11 is 0. The van der Waals surface area contributed by atoms with Crippen molar-refractivity contribution in [1.29, 1.82) is 0 Å². The zero-order valence-corrected chi connectivity index (χ0v) is 26.0. The summed E-state index contributed by atoms with van der Waals surface area (Å²) in [6.07, 6.45) is 11.1. The first-order valence-corrected chi connectivity index (χ1v) is 14.7. The first-order chi connectivity index (χ1) is 19.4. The standard InChI is InChI=1S/C21H23F2N3O.C6H15N.C5H10O2/c1-4-6-15(7-5-2)26-21-12-24-20(8-14(21)11-25-26)17-10-18(22)16(13(3)27)9-19(17)23;1-3-5-6(7)4-2;1-4(2)7-5(3)6/h8-12,15H,4-7H2,1-3H3;6H,3-5,7H2,1-2H3;4H,1-3H3. The highest BCUT2D eigenvalue weighted by atomic mass is 19.1. The van der Waals surface area contributed by atoms with Crippen LogP contribution in [-0.4, -0.2) is 38.7 Å². The van der Waals surface area contributed by atoms with Gasteiger partial charge < -0.3 is 10.5 Å². The predicted molar refractivity (Wildman–Crippen MR) is 162 cm³/mol. The Hall–Kier alpha value is -3.20. The minimum Gasteiger partial charge on any atom is -0.463 e. The van der Waals surface area contributed by atoms with Crippen LogP contribution in [0.5, 0.6) is 0 Å². The fourth-order valence-corrected chi connectivity index (χ4v) is 4.36. The highest BCUT2D eigenvalue weighted by Crippen LogP contribution is 2.29. The third-order valence-corrected chi connectivity index (χ3v) is 6.37. The number of hydrogen-bond acceptors (Lipinski definition) is 6. The zero-order chi connectivity index (χ0) is 31.1. The van der Waals surface area contributed by atoms with Crippen LogP contribution in [0.2, 0.25) is 0 Å². The Balaban J connectivity index is 0.000000497. The molecule has 1 atom stereocenters. The lowest BCUT2D eigenvalue weighted by Crippen LogP contribution is -2.17. The van der Waals surface area contributed by atoms with E-state index in [9.17, 15) is 18.4 Å². The Labute approximate surface area is 243 Å². The average molecular weight is 575 g/mol. The van der Waals surface area contributed by atoms with Crippen LogP contribution in [0.1, 0.15) is 117 Å². The van der Waals surface area contributed by atoms with E-state index in [4.69, 9.17) is 5.73 Å². The van der Waals surface area contributed by atoms with Crippen molar-refractivity contribution in [3.05, 3.63) is 47.8 Å². The second-order valence-corrected chi connectivity index (χ2v) is 10.4. The van der Waals surface area contributed by atoms with Gasteiger partial charge in [0.2, 0.25) is 0 Å². The molecule has 7 nitrogen and oxygen atoms in total. The number of pyridine rings is 1. The van der Waals surface area contributed by atoms with E-state index in [2.05, 4.69) is 42.5 Å². The summed E-state index contributed by atoms with van der Waals surface area (Å²) in [5, 5.41) is 5.34. The number of esters is 1. The molecule has 0 spiro atoms. The molecule has 41 heavy (non-hydrogen) atoms. The zero-order valence-electron chi connectivity index (χ0n) is 26.0. The van der Waals surface area contributed by atoms with E-state index in [0.29, 0.717) is 17.8 Å². The molecule has 0 radical (unpaired) electrons. The van der Waals surface area contributed by atoms with E-state index in [1.54, 1.807) is 18.5 Å². The van der Waals surface area contributed by atoms with Crippen LogP contribution in [0.4, 0.5) is 8.78 Å². The highest BCUT2D eigenvalue weighted by molar-refractivity contribution is 5.95. The number of ketones is 1. The van der Waals surface area contributed by atoms with E-state index < -0.39 is 17.4 Å². The van der Waals surface area contributed by atoms with Gasteiger partial charge in [-0.25, -0.2) is 8.78 Å². The molecular formula is C32H48F2N4O3. The van der Waals surface area contributed by atoms with Gasteiger partial charge in [-0.3, -0.25) is 19.3 Å². The fourth-order valence-electron chi connectivity index (χ4n) is 4.36. The van der Waals surface area contributed by atoms with Gasteiger partial charge in [0.15, 0.2) is 5.78 Å². The molecule has 0 amide bonds. The van der Waals surface area contributed by atoms with Gasteiger partial charge >= 0.3 is 5.97 Å². The van der Waals surface area contributed by atoms with E-state index in [1.807, 2.05) is 18.5 Å². The third kappa shape index (κ3) is 11.7. The number of fused-ring (bicyclic) bond motifs is 1. The van der Waals surface area contributed by atoms with Crippen molar-refractivity contribution in [3.63, 3.8) is 0 Å². The minimum absolute atomic E-state index is 0.0255. The first kappa shape index (κ1) is 35.8. The number of Topliss-reactive ketones (excluding diaryl/α,β-unsaturated/α-hetero) is 1. The number of ether oxygens (including phenoxy) is 1. The Bertz CT molecular complexity index is 1240. The maximum Gasteiger partial charge on any atom is 0.302 e. The molecule has 0 fully saturated rings.